The second-order valence-electron chi connectivity index (χ2n) is 8.24. The third-order valence-corrected chi connectivity index (χ3v) is 7.13. The number of fused-ring (bicyclic) bond motifs is 2. The van der Waals surface area contributed by atoms with Gasteiger partial charge in [-0.25, -0.2) is 21.5 Å². The lowest BCUT2D eigenvalue weighted by atomic mass is 10.1. The van der Waals surface area contributed by atoms with Crippen LogP contribution in [0.4, 0.5) is 11.4 Å². The monoisotopic (exact) mass is 493 g/mol. The van der Waals surface area contributed by atoms with E-state index >= 15 is 0 Å². The molecule has 3 heterocycles. The van der Waals surface area contributed by atoms with Crippen molar-refractivity contribution < 1.29 is 16.8 Å². The number of nitrogens with one attached hydrogen (secondary N) is 3. The maximum absolute atomic E-state index is 13.3. The highest BCUT2D eigenvalue weighted by molar-refractivity contribution is 7.92. The minimum absolute atomic E-state index is 0.0574. The van der Waals surface area contributed by atoms with Gasteiger partial charge in [0.05, 0.1) is 11.9 Å². The van der Waals surface area contributed by atoms with Gasteiger partial charge in [0.25, 0.3) is 15.6 Å². The molecule has 0 spiro atoms. The Hall–Kier alpha value is -3.32. The first-order chi connectivity index (χ1) is 15.4. The van der Waals surface area contributed by atoms with E-state index in [1.165, 1.54) is 21.3 Å². The van der Waals surface area contributed by atoms with E-state index in [2.05, 4.69) is 14.8 Å². The second kappa shape index (κ2) is 7.92. The van der Waals surface area contributed by atoms with Crippen molar-refractivity contribution in [2.45, 2.75) is 31.7 Å². The molecule has 2 aromatic heterocycles. The summed E-state index contributed by atoms with van der Waals surface area (Å²) in [5.74, 6) is 0.0572. The molecule has 1 aliphatic rings. The Morgan fingerprint density at radius 3 is 2.55 bits per heavy atom. The number of anilines is 2. The molecule has 4 rings (SSSR count). The van der Waals surface area contributed by atoms with Crippen LogP contribution < -0.4 is 31.0 Å². The SMILES string of the molecule is CC(C)CCn1c(=O)/c(=C2\Nc3ccc(NS(C)(=O)=O)cc3S(=O)(=O)N2)c(=O)c2cccn21. The van der Waals surface area contributed by atoms with Crippen molar-refractivity contribution in [3.05, 3.63) is 62.3 Å². The van der Waals surface area contributed by atoms with E-state index in [1.807, 2.05) is 13.8 Å². The van der Waals surface area contributed by atoms with Gasteiger partial charge in [0.15, 0.2) is 0 Å². The molecule has 33 heavy (non-hydrogen) atoms. The van der Waals surface area contributed by atoms with E-state index in [-0.39, 0.29) is 32.8 Å². The van der Waals surface area contributed by atoms with Crippen LogP contribution in [0.15, 0.2) is 51.0 Å². The number of benzene rings is 1. The van der Waals surface area contributed by atoms with Crippen LogP contribution in [0.25, 0.3) is 11.3 Å². The fourth-order valence-corrected chi connectivity index (χ4v) is 5.39. The van der Waals surface area contributed by atoms with Crippen molar-refractivity contribution >= 4 is 42.8 Å². The quantitative estimate of drug-likeness (QED) is 0.455. The van der Waals surface area contributed by atoms with Crippen molar-refractivity contribution in [1.29, 1.82) is 0 Å². The number of nitrogens with zero attached hydrogens (tertiary/aromatic N) is 2. The molecule has 176 valence electrons. The Balaban J connectivity index is 1.94. The molecular weight excluding hydrogens is 470 g/mol. The molecule has 0 bridgehead atoms. The molecule has 3 N–H and O–H groups in total. The first-order valence-electron chi connectivity index (χ1n) is 10.1. The third kappa shape index (κ3) is 4.33. The predicted molar refractivity (Wildman–Crippen MR) is 125 cm³/mol. The van der Waals surface area contributed by atoms with Crippen LogP contribution >= 0.6 is 0 Å². The third-order valence-electron chi connectivity index (χ3n) is 5.14. The zero-order valence-corrected chi connectivity index (χ0v) is 19.7. The zero-order chi connectivity index (χ0) is 24.1. The molecule has 0 saturated heterocycles. The van der Waals surface area contributed by atoms with Gasteiger partial charge < -0.3 is 5.32 Å². The number of aryl methyl sites for hydroxylation is 1. The fraction of sp³-hybridized carbons (Fsp3) is 0.300. The van der Waals surface area contributed by atoms with Gasteiger partial charge in [-0.05, 0) is 42.7 Å². The van der Waals surface area contributed by atoms with Gasteiger partial charge in [0.1, 0.15) is 21.5 Å². The maximum Gasteiger partial charge on any atom is 0.280 e. The summed E-state index contributed by atoms with van der Waals surface area (Å²) >= 11 is 0. The van der Waals surface area contributed by atoms with Crippen LogP contribution in [0.3, 0.4) is 0 Å². The molecule has 0 amide bonds. The predicted octanol–water partition coefficient (Wildman–Crippen LogP) is 0.0674. The summed E-state index contributed by atoms with van der Waals surface area (Å²) in [6.07, 6.45) is 3.23. The average molecular weight is 494 g/mol. The van der Waals surface area contributed by atoms with Crippen LogP contribution in [-0.4, -0.2) is 32.3 Å². The highest BCUT2D eigenvalue weighted by Crippen LogP contribution is 2.30. The van der Waals surface area contributed by atoms with E-state index in [4.69, 9.17) is 0 Å². The molecule has 0 saturated carbocycles. The molecule has 0 radical (unpaired) electrons. The van der Waals surface area contributed by atoms with E-state index in [1.54, 1.807) is 18.3 Å². The maximum atomic E-state index is 13.3. The highest BCUT2D eigenvalue weighted by atomic mass is 32.2. The molecular formula is C20H23N5O6S2. The van der Waals surface area contributed by atoms with E-state index in [0.29, 0.717) is 18.9 Å². The van der Waals surface area contributed by atoms with Crippen molar-refractivity contribution in [3.63, 3.8) is 0 Å². The van der Waals surface area contributed by atoms with Crippen LogP contribution in [0.1, 0.15) is 20.3 Å². The summed E-state index contributed by atoms with van der Waals surface area (Å²) in [5.41, 5.74) is -0.851. The van der Waals surface area contributed by atoms with Crippen molar-refractivity contribution in [3.8, 4) is 0 Å². The number of sulfonamides is 2. The van der Waals surface area contributed by atoms with Gasteiger partial charge in [0, 0.05) is 18.4 Å². The van der Waals surface area contributed by atoms with Crippen LogP contribution in [0.2, 0.25) is 0 Å². The minimum atomic E-state index is -4.21. The van der Waals surface area contributed by atoms with Gasteiger partial charge in [-0.1, -0.05) is 13.8 Å². The number of aromatic nitrogens is 2. The van der Waals surface area contributed by atoms with Crippen LogP contribution in [0.5, 0.6) is 0 Å². The topological polar surface area (TPSA) is 148 Å². The Morgan fingerprint density at radius 1 is 1.15 bits per heavy atom. The number of hydrogen-bond donors (Lipinski definition) is 3. The Kier molecular flexibility index (Phi) is 5.48. The van der Waals surface area contributed by atoms with Gasteiger partial charge in [-0.3, -0.25) is 23.5 Å². The minimum Gasteiger partial charge on any atom is -0.339 e. The van der Waals surface area contributed by atoms with Gasteiger partial charge >= 0.3 is 0 Å². The normalized spacial score (nSPS) is 16.8. The molecule has 11 nitrogen and oxygen atoms in total. The highest BCUT2D eigenvalue weighted by Gasteiger charge is 2.28. The first-order valence-corrected chi connectivity index (χ1v) is 13.4. The lowest BCUT2D eigenvalue weighted by Crippen LogP contribution is -2.52. The summed E-state index contributed by atoms with van der Waals surface area (Å²) in [5, 5.41) is 2.49. The number of rotatable bonds is 5. The lowest BCUT2D eigenvalue weighted by Gasteiger charge is -2.23. The smallest absolute Gasteiger partial charge is 0.280 e. The van der Waals surface area contributed by atoms with E-state index in [9.17, 15) is 26.4 Å². The van der Waals surface area contributed by atoms with Crippen LogP contribution in [0, 0.1) is 5.92 Å². The molecule has 0 aliphatic carbocycles. The largest absolute Gasteiger partial charge is 0.339 e. The lowest BCUT2D eigenvalue weighted by molar-refractivity contribution is 0.455. The average Bonchev–Trinajstić information content (AvgIpc) is 3.16. The Morgan fingerprint density at radius 2 is 1.88 bits per heavy atom. The summed E-state index contributed by atoms with van der Waals surface area (Å²) < 4.78 is 56.2. The molecule has 13 heteroatoms. The van der Waals surface area contributed by atoms with E-state index in [0.717, 1.165) is 12.3 Å². The molecule has 0 unspecified atom stereocenters. The van der Waals surface area contributed by atoms with E-state index < -0.39 is 31.0 Å². The summed E-state index contributed by atoms with van der Waals surface area (Å²) in [6, 6.07) is 7.09. The van der Waals surface area contributed by atoms with Crippen molar-refractivity contribution in [2.24, 2.45) is 5.92 Å². The molecule has 0 atom stereocenters. The molecule has 1 aromatic carbocycles. The second-order valence-corrected chi connectivity index (χ2v) is 11.6. The molecule has 1 aliphatic heterocycles. The van der Waals surface area contributed by atoms with Crippen molar-refractivity contribution in [2.75, 3.05) is 16.3 Å². The first kappa shape index (κ1) is 22.9. The Labute approximate surface area is 189 Å². The molecule has 3 aromatic rings. The summed E-state index contributed by atoms with van der Waals surface area (Å²) in [7, 11) is -7.82. The Bertz CT molecular complexity index is 1650. The fourth-order valence-electron chi connectivity index (χ4n) is 3.61. The van der Waals surface area contributed by atoms with Crippen LogP contribution in [-0.2, 0) is 26.6 Å². The molecule has 0 fully saturated rings. The number of hydrogen-bond acceptors (Lipinski definition) is 7. The van der Waals surface area contributed by atoms with Crippen molar-refractivity contribution in [1.82, 2.24) is 13.9 Å². The standard InChI is InChI=1S/C20H23N5O6S2/c1-12(2)8-10-25-20(27)17(18(26)15-5-4-9-24(15)25)19-21-14-7-6-13(22-32(3,28)29)11-16(14)33(30,31)23-19/h4-7,9,11-12,21-23H,8,10H2,1-3H3/b19-17+. The zero-order valence-electron chi connectivity index (χ0n) is 18.1. The van der Waals surface area contributed by atoms with Gasteiger partial charge in [-0.15, -0.1) is 0 Å². The van der Waals surface area contributed by atoms with Gasteiger partial charge in [0.2, 0.25) is 15.5 Å². The summed E-state index contributed by atoms with van der Waals surface area (Å²) in [6.45, 7) is 4.36. The van der Waals surface area contributed by atoms with Gasteiger partial charge in [-0.2, -0.15) is 0 Å². The summed E-state index contributed by atoms with van der Waals surface area (Å²) in [4.78, 5) is 26.2.